The number of benzene rings is 1. The molecule has 0 spiro atoms. The summed E-state index contributed by atoms with van der Waals surface area (Å²) in [6, 6.07) is 8.13. The van der Waals surface area contributed by atoms with Crippen molar-refractivity contribution in [3.8, 4) is 5.75 Å². The molecule has 0 aromatic heterocycles. The van der Waals surface area contributed by atoms with Gasteiger partial charge >= 0.3 is 0 Å². The SMILES string of the molecule is CN=C(NCCNC(=O)C1CC1)N1CCN(c2ccccc2OC)CC1. The molecule has 1 amide bonds. The number of anilines is 1. The van der Waals surface area contributed by atoms with Gasteiger partial charge in [0, 0.05) is 52.2 Å². The van der Waals surface area contributed by atoms with Crippen LogP contribution in [-0.2, 0) is 4.79 Å². The van der Waals surface area contributed by atoms with E-state index in [2.05, 4.69) is 31.5 Å². The van der Waals surface area contributed by atoms with Crippen molar-refractivity contribution in [1.82, 2.24) is 15.5 Å². The molecule has 3 rings (SSSR count). The number of ether oxygens (including phenoxy) is 1. The molecule has 7 heteroatoms. The van der Waals surface area contributed by atoms with Gasteiger partial charge in [-0.1, -0.05) is 12.1 Å². The molecule has 1 aromatic rings. The molecule has 0 atom stereocenters. The highest BCUT2D eigenvalue weighted by molar-refractivity contribution is 5.81. The Hall–Kier alpha value is -2.44. The van der Waals surface area contributed by atoms with Gasteiger partial charge in [-0.25, -0.2) is 0 Å². The molecule has 1 aliphatic carbocycles. The van der Waals surface area contributed by atoms with Gasteiger partial charge in [0.1, 0.15) is 5.75 Å². The standard InChI is InChI=1S/C19H29N5O2/c1-20-19(22-10-9-21-18(25)15-7-8-15)24-13-11-23(12-14-24)16-5-3-4-6-17(16)26-2/h3-6,15H,7-14H2,1-2H3,(H,20,22)(H,21,25). The van der Waals surface area contributed by atoms with Crippen molar-refractivity contribution in [2.24, 2.45) is 10.9 Å². The number of carbonyl (C=O) groups excluding carboxylic acids is 1. The number of hydrogen-bond acceptors (Lipinski definition) is 4. The first-order valence-electron chi connectivity index (χ1n) is 9.34. The Balaban J connectivity index is 1.44. The molecule has 1 saturated heterocycles. The van der Waals surface area contributed by atoms with Crippen LogP contribution in [0.1, 0.15) is 12.8 Å². The Bertz CT molecular complexity index is 637. The van der Waals surface area contributed by atoms with Crippen molar-refractivity contribution >= 4 is 17.6 Å². The largest absolute Gasteiger partial charge is 0.495 e. The molecule has 0 radical (unpaired) electrons. The number of nitrogens with zero attached hydrogens (tertiary/aromatic N) is 3. The van der Waals surface area contributed by atoms with Gasteiger partial charge in [-0.15, -0.1) is 0 Å². The van der Waals surface area contributed by atoms with Gasteiger partial charge in [0.05, 0.1) is 12.8 Å². The molecule has 1 saturated carbocycles. The van der Waals surface area contributed by atoms with E-state index >= 15 is 0 Å². The average molecular weight is 359 g/mol. The van der Waals surface area contributed by atoms with Crippen LogP contribution in [0.15, 0.2) is 29.3 Å². The number of guanidine groups is 1. The number of para-hydroxylation sites is 2. The molecular weight excluding hydrogens is 330 g/mol. The van der Waals surface area contributed by atoms with E-state index in [4.69, 9.17) is 4.74 Å². The summed E-state index contributed by atoms with van der Waals surface area (Å²) in [5.74, 6) is 2.25. The van der Waals surface area contributed by atoms with Crippen molar-refractivity contribution in [3.63, 3.8) is 0 Å². The molecule has 142 valence electrons. The number of rotatable bonds is 6. The molecule has 1 aromatic carbocycles. The lowest BCUT2D eigenvalue weighted by atomic mass is 10.2. The fourth-order valence-electron chi connectivity index (χ4n) is 3.23. The van der Waals surface area contributed by atoms with Gasteiger partial charge < -0.3 is 25.2 Å². The van der Waals surface area contributed by atoms with Crippen LogP contribution in [0.5, 0.6) is 5.75 Å². The summed E-state index contributed by atoms with van der Waals surface area (Å²) in [5, 5.41) is 6.32. The smallest absolute Gasteiger partial charge is 0.223 e. The Morgan fingerprint density at radius 3 is 2.50 bits per heavy atom. The molecule has 2 N–H and O–H groups in total. The maximum absolute atomic E-state index is 11.6. The third-order valence-electron chi connectivity index (χ3n) is 4.87. The molecule has 1 aliphatic heterocycles. The third kappa shape index (κ3) is 4.59. The lowest BCUT2D eigenvalue weighted by Gasteiger charge is -2.38. The Kier molecular flexibility index (Phi) is 6.20. The van der Waals surface area contributed by atoms with Crippen LogP contribution in [0.4, 0.5) is 5.69 Å². The maximum atomic E-state index is 11.6. The highest BCUT2D eigenvalue weighted by Gasteiger charge is 2.29. The first-order chi connectivity index (χ1) is 12.7. The molecule has 2 aliphatic rings. The van der Waals surface area contributed by atoms with Crippen LogP contribution in [0.2, 0.25) is 0 Å². The summed E-state index contributed by atoms with van der Waals surface area (Å²) in [6.45, 7) is 4.95. The number of methoxy groups -OCH3 is 1. The molecule has 0 bridgehead atoms. The van der Waals surface area contributed by atoms with E-state index < -0.39 is 0 Å². The first kappa shape index (κ1) is 18.4. The Morgan fingerprint density at radius 1 is 1.15 bits per heavy atom. The summed E-state index contributed by atoms with van der Waals surface area (Å²) < 4.78 is 5.47. The normalized spacial score (nSPS) is 17.8. The highest BCUT2D eigenvalue weighted by Crippen LogP contribution is 2.29. The summed E-state index contributed by atoms with van der Waals surface area (Å²) in [5.41, 5.74) is 1.14. The van der Waals surface area contributed by atoms with Crippen molar-refractivity contribution < 1.29 is 9.53 Å². The van der Waals surface area contributed by atoms with Crippen LogP contribution >= 0.6 is 0 Å². The van der Waals surface area contributed by atoms with E-state index in [1.165, 1.54) is 0 Å². The lowest BCUT2D eigenvalue weighted by molar-refractivity contribution is -0.122. The number of piperazine rings is 1. The van der Waals surface area contributed by atoms with Crippen LogP contribution < -0.4 is 20.3 Å². The number of nitrogens with one attached hydrogen (secondary N) is 2. The van der Waals surface area contributed by atoms with Gasteiger partial charge in [-0.3, -0.25) is 9.79 Å². The average Bonchev–Trinajstić information content (AvgIpc) is 3.53. The van der Waals surface area contributed by atoms with E-state index in [0.29, 0.717) is 13.1 Å². The quantitative estimate of drug-likeness (QED) is 0.449. The van der Waals surface area contributed by atoms with Gasteiger partial charge in [-0.2, -0.15) is 0 Å². The number of amides is 1. The van der Waals surface area contributed by atoms with Gasteiger partial charge in [0.25, 0.3) is 0 Å². The monoisotopic (exact) mass is 359 g/mol. The van der Waals surface area contributed by atoms with Crippen LogP contribution in [0.3, 0.4) is 0 Å². The van der Waals surface area contributed by atoms with Crippen molar-refractivity contribution in [2.75, 3.05) is 58.3 Å². The minimum absolute atomic E-state index is 0.187. The molecule has 0 unspecified atom stereocenters. The predicted molar refractivity (Wildman–Crippen MR) is 104 cm³/mol. The van der Waals surface area contributed by atoms with Gasteiger partial charge in [-0.05, 0) is 25.0 Å². The fraction of sp³-hybridized carbons (Fsp3) is 0.579. The van der Waals surface area contributed by atoms with Gasteiger partial charge in [0.15, 0.2) is 5.96 Å². The van der Waals surface area contributed by atoms with E-state index in [0.717, 1.165) is 56.4 Å². The topological polar surface area (TPSA) is 69.2 Å². The molecular formula is C19H29N5O2. The Morgan fingerprint density at radius 2 is 1.85 bits per heavy atom. The van der Waals surface area contributed by atoms with Crippen LogP contribution in [0, 0.1) is 5.92 Å². The number of hydrogen-bond donors (Lipinski definition) is 2. The van der Waals surface area contributed by atoms with Crippen LogP contribution in [-0.4, -0.2) is 70.2 Å². The molecule has 2 fully saturated rings. The number of aliphatic imine (C=N–C) groups is 1. The second-order valence-electron chi connectivity index (χ2n) is 6.69. The summed E-state index contributed by atoms with van der Waals surface area (Å²) in [4.78, 5) is 20.6. The van der Waals surface area contributed by atoms with Crippen molar-refractivity contribution in [3.05, 3.63) is 24.3 Å². The van der Waals surface area contributed by atoms with E-state index in [1.807, 2.05) is 18.2 Å². The number of carbonyl (C=O) groups is 1. The zero-order chi connectivity index (χ0) is 18.4. The lowest BCUT2D eigenvalue weighted by Crippen LogP contribution is -2.53. The molecule has 7 nitrogen and oxygen atoms in total. The first-order valence-corrected chi connectivity index (χ1v) is 9.34. The molecule has 26 heavy (non-hydrogen) atoms. The minimum Gasteiger partial charge on any atom is -0.495 e. The van der Waals surface area contributed by atoms with Crippen molar-refractivity contribution in [1.29, 1.82) is 0 Å². The summed E-state index contributed by atoms with van der Waals surface area (Å²) in [7, 11) is 3.51. The van der Waals surface area contributed by atoms with Gasteiger partial charge in [0.2, 0.25) is 5.91 Å². The highest BCUT2D eigenvalue weighted by atomic mass is 16.5. The van der Waals surface area contributed by atoms with Crippen LogP contribution in [0.25, 0.3) is 0 Å². The zero-order valence-electron chi connectivity index (χ0n) is 15.7. The summed E-state index contributed by atoms with van der Waals surface area (Å²) in [6.07, 6.45) is 2.08. The van der Waals surface area contributed by atoms with Crippen molar-refractivity contribution in [2.45, 2.75) is 12.8 Å². The van der Waals surface area contributed by atoms with E-state index in [1.54, 1.807) is 14.2 Å². The maximum Gasteiger partial charge on any atom is 0.223 e. The Labute approximate surface area is 155 Å². The second-order valence-corrected chi connectivity index (χ2v) is 6.69. The zero-order valence-corrected chi connectivity index (χ0v) is 15.7. The predicted octanol–water partition coefficient (Wildman–Crippen LogP) is 0.919. The van der Waals surface area contributed by atoms with E-state index in [-0.39, 0.29) is 11.8 Å². The fourth-order valence-corrected chi connectivity index (χ4v) is 3.23. The second kappa shape index (κ2) is 8.78. The minimum atomic E-state index is 0.187. The third-order valence-corrected chi connectivity index (χ3v) is 4.87. The van der Waals surface area contributed by atoms with E-state index in [9.17, 15) is 4.79 Å². The molecule has 1 heterocycles. The summed E-state index contributed by atoms with van der Waals surface area (Å²) >= 11 is 0.